The van der Waals surface area contributed by atoms with E-state index in [0.717, 1.165) is 17.7 Å². The molecule has 0 unspecified atom stereocenters. The van der Waals surface area contributed by atoms with Crippen molar-refractivity contribution < 1.29 is 4.79 Å². The second kappa shape index (κ2) is 5.60. The molecular weight excluding hydrogens is 260 g/mol. The molecule has 1 heterocycles. The van der Waals surface area contributed by atoms with E-state index in [9.17, 15) is 4.79 Å². The Morgan fingerprint density at radius 3 is 2.52 bits per heavy atom. The van der Waals surface area contributed by atoms with Gasteiger partial charge in [0, 0.05) is 18.3 Å². The van der Waals surface area contributed by atoms with Gasteiger partial charge in [-0.1, -0.05) is 36.4 Å². The summed E-state index contributed by atoms with van der Waals surface area (Å²) in [5.41, 5.74) is 10.1. The van der Waals surface area contributed by atoms with Crippen molar-refractivity contribution in [1.82, 2.24) is 4.90 Å². The maximum atomic E-state index is 12.6. The molecule has 3 rings (SSSR count). The Morgan fingerprint density at radius 1 is 1.14 bits per heavy atom. The smallest absolute Gasteiger partial charge is 0.227 e. The number of carbonyl (C=O) groups excluding carboxylic acids is 1. The molecule has 1 atom stereocenters. The SMILES string of the molecule is C[C@@H]1Cc2ccccc2CN1C(=O)Cc1ccc(N)cc1. The lowest BCUT2D eigenvalue weighted by Crippen LogP contribution is -2.43. The van der Waals surface area contributed by atoms with Gasteiger partial charge in [0.2, 0.25) is 5.91 Å². The van der Waals surface area contributed by atoms with Crippen molar-refractivity contribution in [2.24, 2.45) is 0 Å². The van der Waals surface area contributed by atoms with Crippen molar-refractivity contribution in [3.63, 3.8) is 0 Å². The zero-order chi connectivity index (χ0) is 14.8. The predicted molar refractivity (Wildman–Crippen MR) is 84.7 cm³/mol. The largest absolute Gasteiger partial charge is 0.399 e. The molecule has 0 radical (unpaired) electrons. The highest BCUT2D eigenvalue weighted by Crippen LogP contribution is 2.23. The number of anilines is 1. The third-order valence-electron chi connectivity index (χ3n) is 4.16. The molecule has 0 aromatic heterocycles. The minimum atomic E-state index is 0.182. The van der Waals surface area contributed by atoms with Crippen LogP contribution in [0.1, 0.15) is 23.6 Å². The van der Waals surface area contributed by atoms with Gasteiger partial charge in [-0.15, -0.1) is 0 Å². The summed E-state index contributed by atoms with van der Waals surface area (Å²) in [5.74, 6) is 0.182. The minimum Gasteiger partial charge on any atom is -0.399 e. The molecule has 2 aromatic carbocycles. The number of hydrogen-bond donors (Lipinski definition) is 1. The Labute approximate surface area is 125 Å². The standard InChI is InChI=1S/C18H20N2O/c1-13-10-15-4-2-3-5-16(15)12-20(13)18(21)11-14-6-8-17(19)9-7-14/h2-9,13H,10-12,19H2,1H3/t13-/m1/s1. The molecule has 21 heavy (non-hydrogen) atoms. The lowest BCUT2D eigenvalue weighted by Gasteiger charge is -2.35. The molecule has 3 nitrogen and oxygen atoms in total. The average molecular weight is 280 g/mol. The van der Waals surface area contributed by atoms with Gasteiger partial charge in [0.1, 0.15) is 0 Å². The molecule has 2 N–H and O–H groups in total. The Bertz CT molecular complexity index is 649. The van der Waals surface area contributed by atoms with Gasteiger partial charge in [0.25, 0.3) is 0 Å². The van der Waals surface area contributed by atoms with Crippen LogP contribution in [0.5, 0.6) is 0 Å². The molecule has 0 bridgehead atoms. The van der Waals surface area contributed by atoms with Crippen LogP contribution in [0, 0.1) is 0 Å². The number of rotatable bonds is 2. The molecule has 2 aromatic rings. The first-order chi connectivity index (χ1) is 10.1. The summed E-state index contributed by atoms with van der Waals surface area (Å²) >= 11 is 0. The van der Waals surface area contributed by atoms with E-state index in [-0.39, 0.29) is 11.9 Å². The van der Waals surface area contributed by atoms with Gasteiger partial charge in [0.15, 0.2) is 0 Å². The Morgan fingerprint density at radius 2 is 1.81 bits per heavy atom. The molecule has 1 amide bonds. The van der Waals surface area contributed by atoms with Crippen LogP contribution >= 0.6 is 0 Å². The molecule has 1 aliphatic heterocycles. The summed E-state index contributed by atoms with van der Waals surface area (Å²) in [5, 5.41) is 0. The quantitative estimate of drug-likeness (QED) is 0.860. The van der Waals surface area contributed by atoms with Gasteiger partial charge in [0.05, 0.1) is 6.42 Å². The van der Waals surface area contributed by atoms with Crippen molar-refractivity contribution in [3.05, 3.63) is 65.2 Å². The van der Waals surface area contributed by atoms with E-state index in [1.807, 2.05) is 35.2 Å². The fraction of sp³-hybridized carbons (Fsp3) is 0.278. The number of nitrogens with two attached hydrogens (primary N) is 1. The normalized spacial score (nSPS) is 17.4. The summed E-state index contributed by atoms with van der Waals surface area (Å²) in [6.07, 6.45) is 1.37. The highest BCUT2D eigenvalue weighted by Gasteiger charge is 2.26. The predicted octanol–water partition coefficient (Wildman–Crippen LogP) is 2.78. The lowest BCUT2D eigenvalue weighted by atomic mass is 9.94. The van der Waals surface area contributed by atoms with Gasteiger partial charge in [-0.25, -0.2) is 0 Å². The summed E-state index contributed by atoms with van der Waals surface area (Å²) in [6.45, 7) is 2.84. The minimum absolute atomic E-state index is 0.182. The fourth-order valence-corrected chi connectivity index (χ4v) is 2.92. The van der Waals surface area contributed by atoms with Crippen LogP contribution in [-0.2, 0) is 24.2 Å². The molecule has 0 saturated heterocycles. The van der Waals surface area contributed by atoms with Crippen LogP contribution < -0.4 is 5.73 Å². The van der Waals surface area contributed by atoms with Crippen molar-refractivity contribution in [3.8, 4) is 0 Å². The van der Waals surface area contributed by atoms with Crippen molar-refractivity contribution in [1.29, 1.82) is 0 Å². The van der Waals surface area contributed by atoms with Gasteiger partial charge in [-0.05, 0) is 42.2 Å². The second-order valence-corrected chi connectivity index (χ2v) is 5.76. The number of fused-ring (bicyclic) bond motifs is 1. The summed E-state index contributed by atoms with van der Waals surface area (Å²) < 4.78 is 0. The number of hydrogen-bond acceptors (Lipinski definition) is 2. The van der Waals surface area contributed by atoms with E-state index < -0.39 is 0 Å². The molecule has 0 fully saturated rings. The monoisotopic (exact) mass is 280 g/mol. The van der Waals surface area contributed by atoms with Gasteiger partial charge in [-0.2, -0.15) is 0 Å². The third-order valence-corrected chi connectivity index (χ3v) is 4.16. The topological polar surface area (TPSA) is 46.3 Å². The van der Waals surface area contributed by atoms with Crippen LogP contribution in [0.2, 0.25) is 0 Å². The Hall–Kier alpha value is -2.29. The van der Waals surface area contributed by atoms with E-state index in [1.54, 1.807) is 0 Å². The molecule has 0 saturated carbocycles. The fourth-order valence-electron chi connectivity index (χ4n) is 2.92. The maximum Gasteiger partial charge on any atom is 0.227 e. The first-order valence-electron chi connectivity index (χ1n) is 7.34. The van der Waals surface area contributed by atoms with Gasteiger partial charge in [-0.3, -0.25) is 4.79 Å². The van der Waals surface area contributed by atoms with E-state index in [1.165, 1.54) is 11.1 Å². The maximum absolute atomic E-state index is 12.6. The highest BCUT2D eigenvalue weighted by atomic mass is 16.2. The number of amides is 1. The summed E-state index contributed by atoms with van der Waals surface area (Å²) in [4.78, 5) is 14.6. The first-order valence-corrected chi connectivity index (χ1v) is 7.34. The zero-order valence-corrected chi connectivity index (χ0v) is 12.3. The van der Waals surface area contributed by atoms with E-state index >= 15 is 0 Å². The lowest BCUT2D eigenvalue weighted by molar-refractivity contribution is -0.133. The molecule has 108 valence electrons. The van der Waals surface area contributed by atoms with Gasteiger partial charge >= 0.3 is 0 Å². The molecule has 3 heteroatoms. The third kappa shape index (κ3) is 2.92. The number of carbonyl (C=O) groups is 1. The molecule has 0 spiro atoms. The van der Waals surface area contributed by atoms with Gasteiger partial charge < -0.3 is 10.6 Å². The molecular formula is C18H20N2O. The van der Waals surface area contributed by atoms with Crippen LogP contribution in [-0.4, -0.2) is 16.8 Å². The number of benzene rings is 2. The Kier molecular flexibility index (Phi) is 3.65. The number of nitrogens with zero attached hydrogens (tertiary/aromatic N) is 1. The van der Waals surface area contributed by atoms with Crippen LogP contribution in [0.15, 0.2) is 48.5 Å². The van der Waals surface area contributed by atoms with Crippen molar-refractivity contribution in [2.75, 3.05) is 5.73 Å². The summed E-state index contributed by atoms with van der Waals surface area (Å²) in [7, 11) is 0. The number of nitrogen functional groups attached to an aromatic ring is 1. The zero-order valence-electron chi connectivity index (χ0n) is 12.3. The summed E-state index contributed by atoms with van der Waals surface area (Å²) in [6, 6.07) is 16.2. The van der Waals surface area contributed by atoms with E-state index in [0.29, 0.717) is 13.0 Å². The van der Waals surface area contributed by atoms with Crippen LogP contribution in [0.4, 0.5) is 5.69 Å². The highest BCUT2D eigenvalue weighted by molar-refractivity contribution is 5.79. The van der Waals surface area contributed by atoms with Crippen LogP contribution in [0.3, 0.4) is 0 Å². The Balaban J connectivity index is 1.74. The molecule has 0 aliphatic carbocycles. The second-order valence-electron chi connectivity index (χ2n) is 5.76. The average Bonchev–Trinajstić information content (AvgIpc) is 2.49. The van der Waals surface area contributed by atoms with E-state index in [4.69, 9.17) is 5.73 Å². The van der Waals surface area contributed by atoms with E-state index in [2.05, 4.69) is 25.1 Å². The molecule has 1 aliphatic rings. The first kappa shape index (κ1) is 13.7. The van der Waals surface area contributed by atoms with Crippen molar-refractivity contribution in [2.45, 2.75) is 32.4 Å². The van der Waals surface area contributed by atoms with Crippen LogP contribution in [0.25, 0.3) is 0 Å². The van der Waals surface area contributed by atoms with Crippen molar-refractivity contribution >= 4 is 11.6 Å².